The largest absolute Gasteiger partial charge is 0.369 e. The van der Waals surface area contributed by atoms with Gasteiger partial charge in [-0.2, -0.15) is 0 Å². The molecule has 1 spiro atoms. The Morgan fingerprint density at radius 2 is 1.94 bits per heavy atom. The van der Waals surface area contributed by atoms with Crippen LogP contribution < -0.4 is 5.73 Å². The van der Waals surface area contributed by atoms with Gasteiger partial charge in [0.2, 0.25) is 5.91 Å². The van der Waals surface area contributed by atoms with E-state index in [-0.39, 0.29) is 17.6 Å². The Hall–Kier alpha value is -0.650. The maximum absolute atomic E-state index is 11.0. The number of rotatable bonds is 3. The lowest BCUT2D eigenvalue weighted by molar-refractivity contribution is -0.185. The minimum absolute atomic E-state index is 0.0838. The smallest absolute Gasteiger partial charge is 0.221 e. The predicted octanol–water partition coefficient (Wildman–Crippen LogP) is -0.0533. The lowest BCUT2D eigenvalue weighted by atomic mass is 10.0. The number of hydrogen-bond acceptors (Lipinski definition) is 4. The first-order chi connectivity index (χ1) is 7.61. The van der Waals surface area contributed by atoms with Gasteiger partial charge in [0.1, 0.15) is 0 Å². The van der Waals surface area contributed by atoms with E-state index in [1.54, 1.807) is 0 Å². The van der Waals surface area contributed by atoms with Gasteiger partial charge < -0.3 is 20.1 Å². The number of carbonyl (C=O) groups is 1. The summed E-state index contributed by atoms with van der Waals surface area (Å²) in [5.41, 5.74) is 5.25. The first-order valence-corrected chi connectivity index (χ1v) is 5.91. The quantitative estimate of drug-likeness (QED) is 0.735. The van der Waals surface area contributed by atoms with Crippen LogP contribution in [-0.2, 0) is 14.3 Å². The van der Waals surface area contributed by atoms with Crippen molar-refractivity contribution in [3.05, 3.63) is 0 Å². The second-order valence-electron chi connectivity index (χ2n) is 4.71. The van der Waals surface area contributed by atoms with Gasteiger partial charge in [0.25, 0.3) is 0 Å². The van der Waals surface area contributed by atoms with E-state index in [2.05, 4.69) is 4.90 Å². The van der Waals surface area contributed by atoms with Gasteiger partial charge >= 0.3 is 0 Å². The van der Waals surface area contributed by atoms with E-state index >= 15 is 0 Å². The highest BCUT2D eigenvalue weighted by Crippen LogP contribution is 2.31. The first kappa shape index (κ1) is 11.8. The summed E-state index contributed by atoms with van der Waals surface area (Å²) in [6.07, 6.45) is 1.77. The fourth-order valence-corrected chi connectivity index (χ4v) is 2.34. The zero-order valence-electron chi connectivity index (χ0n) is 9.78. The van der Waals surface area contributed by atoms with Crippen LogP contribution >= 0.6 is 0 Å². The van der Waals surface area contributed by atoms with E-state index in [0.29, 0.717) is 13.2 Å². The molecule has 0 aromatic rings. The van der Waals surface area contributed by atoms with Crippen LogP contribution in [0.15, 0.2) is 0 Å². The van der Waals surface area contributed by atoms with Crippen LogP contribution in [0.25, 0.3) is 0 Å². The van der Waals surface area contributed by atoms with Crippen LogP contribution in [0.2, 0.25) is 0 Å². The minimum atomic E-state index is -0.327. The number of likely N-dealkylation sites (tertiary alicyclic amines) is 1. The molecule has 2 heterocycles. The molecule has 2 saturated heterocycles. The number of piperidine rings is 1. The van der Waals surface area contributed by atoms with Gasteiger partial charge in [-0.1, -0.05) is 6.92 Å². The Morgan fingerprint density at radius 3 is 2.44 bits per heavy atom. The highest BCUT2D eigenvalue weighted by Gasteiger charge is 2.39. The van der Waals surface area contributed by atoms with Gasteiger partial charge in [-0.15, -0.1) is 0 Å². The summed E-state index contributed by atoms with van der Waals surface area (Å²) in [5, 5.41) is 0. The van der Waals surface area contributed by atoms with Crippen molar-refractivity contribution in [1.82, 2.24) is 4.90 Å². The Balaban J connectivity index is 1.78. The number of carbonyl (C=O) groups excluding carboxylic acids is 1. The average Bonchev–Trinajstić information content (AvgIpc) is 2.70. The number of nitrogens with two attached hydrogens (primary N) is 1. The Labute approximate surface area is 95.9 Å². The summed E-state index contributed by atoms with van der Waals surface area (Å²) in [4.78, 5) is 13.2. The molecule has 0 aliphatic carbocycles. The molecule has 0 aromatic heterocycles. The molecule has 1 unspecified atom stereocenters. The molecule has 2 N–H and O–H groups in total. The van der Waals surface area contributed by atoms with Gasteiger partial charge in [0.05, 0.1) is 13.2 Å². The molecule has 1 amide bonds. The fourth-order valence-electron chi connectivity index (χ4n) is 2.34. The van der Waals surface area contributed by atoms with Crippen molar-refractivity contribution in [2.24, 2.45) is 11.7 Å². The summed E-state index contributed by atoms with van der Waals surface area (Å²) in [7, 11) is 0. The molecule has 0 radical (unpaired) electrons. The van der Waals surface area contributed by atoms with E-state index in [1.807, 2.05) is 6.92 Å². The van der Waals surface area contributed by atoms with Crippen LogP contribution in [0.1, 0.15) is 19.8 Å². The van der Waals surface area contributed by atoms with Crippen LogP contribution in [0.5, 0.6) is 0 Å². The van der Waals surface area contributed by atoms with Crippen LogP contribution in [0.4, 0.5) is 0 Å². The second kappa shape index (κ2) is 4.69. The molecule has 5 heteroatoms. The van der Waals surface area contributed by atoms with Crippen molar-refractivity contribution in [2.75, 3.05) is 32.8 Å². The SMILES string of the molecule is CC(CN1CCC2(CC1)OCCO2)C(N)=O. The van der Waals surface area contributed by atoms with Crippen LogP contribution in [0, 0.1) is 5.92 Å². The molecule has 0 aromatic carbocycles. The number of nitrogens with zero attached hydrogens (tertiary/aromatic N) is 1. The summed E-state index contributed by atoms with van der Waals surface area (Å²) in [5.74, 6) is -0.639. The third-order valence-corrected chi connectivity index (χ3v) is 3.45. The average molecular weight is 228 g/mol. The highest BCUT2D eigenvalue weighted by atomic mass is 16.7. The zero-order valence-corrected chi connectivity index (χ0v) is 9.78. The zero-order chi connectivity index (χ0) is 11.6. The molecule has 2 aliphatic heterocycles. The molecular formula is C11H20N2O3. The van der Waals surface area contributed by atoms with Gasteiger partial charge in [-0.3, -0.25) is 4.79 Å². The minimum Gasteiger partial charge on any atom is -0.369 e. The standard InChI is InChI=1S/C11H20N2O3/c1-9(10(12)14)8-13-4-2-11(3-5-13)15-6-7-16-11/h9H,2-8H2,1H3,(H2,12,14). The molecule has 2 aliphatic rings. The van der Waals surface area contributed by atoms with E-state index < -0.39 is 0 Å². The fraction of sp³-hybridized carbons (Fsp3) is 0.909. The molecule has 5 nitrogen and oxygen atoms in total. The predicted molar refractivity (Wildman–Crippen MR) is 58.7 cm³/mol. The van der Waals surface area contributed by atoms with E-state index in [0.717, 1.165) is 32.5 Å². The molecular weight excluding hydrogens is 208 g/mol. The maximum atomic E-state index is 11.0. The summed E-state index contributed by atoms with van der Waals surface area (Å²) < 4.78 is 11.3. The summed E-state index contributed by atoms with van der Waals surface area (Å²) >= 11 is 0. The lowest BCUT2D eigenvalue weighted by Crippen LogP contribution is -2.47. The molecule has 2 rings (SSSR count). The number of amides is 1. The summed E-state index contributed by atoms with van der Waals surface area (Å²) in [6.45, 7) is 5.85. The Kier molecular flexibility index (Phi) is 3.47. The van der Waals surface area contributed by atoms with Crippen molar-refractivity contribution in [1.29, 1.82) is 0 Å². The molecule has 1 atom stereocenters. The lowest BCUT2D eigenvalue weighted by Gasteiger charge is -2.38. The van der Waals surface area contributed by atoms with Crippen molar-refractivity contribution in [3.8, 4) is 0 Å². The van der Waals surface area contributed by atoms with Crippen LogP contribution in [-0.4, -0.2) is 49.4 Å². The van der Waals surface area contributed by atoms with Crippen LogP contribution in [0.3, 0.4) is 0 Å². The van der Waals surface area contributed by atoms with Crippen molar-refractivity contribution < 1.29 is 14.3 Å². The van der Waals surface area contributed by atoms with Gasteiger partial charge in [0.15, 0.2) is 5.79 Å². The monoisotopic (exact) mass is 228 g/mol. The Bertz CT molecular complexity index is 254. The molecule has 16 heavy (non-hydrogen) atoms. The normalized spacial score (nSPS) is 27.1. The maximum Gasteiger partial charge on any atom is 0.221 e. The van der Waals surface area contributed by atoms with Crippen molar-refractivity contribution >= 4 is 5.91 Å². The number of ether oxygens (including phenoxy) is 2. The van der Waals surface area contributed by atoms with Gasteiger partial charge in [-0.25, -0.2) is 0 Å². The van der Waals surface area contributed by atoms with E-state index in [9.17, 15) is 4.79 Å². The van der Waals surface area contributed by atoms with Crippen molar-refractivity contribution in [3.63, 3.8) is 0 Å². The number of hydrogen-bond donors (Lipinski definition) is 1. The third kappa shape index (κ3) is 2.53. The van der Waals surface area contributed by atoms with Crippen molar-refractivity contribution in [2.45, 2.75) is 25.6 Å². The topological polar surface area (TPSA) is 64.8 Å². The molecule has 0 bridgehead atoms. The van der Waals surface area contributed by atoms with E-state index in [4.69, 9.17) is 15.2 Å². The molecule has 92 valence electrons. The number of primary amides is 1. The Morgan fingerprint density at radius 1 is 1.38 bits per heavy atom. The van der Waals surface area contributed by atoms with E-state index in [1.165, 1.54) is 0 Å². The summed E-state index contributed by atoms with van der Waals surface area (Å²) in [6, 6.07) is 0. The third-order valence-electron chi connectivity index (χ3n) is 3.45. The molecule has 0 saturated carbocycles. The highest BCUT2D eigenvalue weighted by molar-refractivity contribution is 5.76. The van der Waals surface area contributed by atoms with Gasteiger partial charge in [-0.05, 0) is 0 Å². The molecule has 2 fully saturated rings. The van der Waals surface area contributed by atoms with Gasteiger partial charge in [0, 0.05) is 38.4 Å². The first-order valence-electron chi connectivity index (χ1n) is 5.91. The second-order valence-corrected chi connectivity index (χ2v) is 4.71.